The molecule has 0 aromatic heterocycles. The fourth-order valence-electron chi connectivity index (χ4n) is 0.386. The summed E-state index contributed by atoms with van der Waals surface area (Å²) < 4.78 is 4.16. The van der Waals surface area contributed by atoms with E-state index in [9.17, 15) is 4.79 Å². The lowest BCUT2D eigenvalue weighted by atomic mass is 10.4. The molecule has 0 heterocycles. The first-order chi connectivity index (χ1) is 4.81. The van der Waals surface area contributed by atoms with E-state index >= 15 is 0 Å². The maximum Gasteiger partial charge on any atom is 0.409 e. The van der Waals surface area contributed by atoms with E-state index < -0.39 is 12.9 Å². The van der Waals surface area contributed by atoms with Gasteiger partial charge in [-0.3, -0.25) is 0 Å². The Morgan fingerprint density at radius 2 is 2.50 bits per heavy atom. The molecule has 0 fully saturated rings. The van der Waals surface area contributed by atoms with Gasteiger partial charge in [0.25, 0.3) is 0 Å². The largest absolute Gasteiger partial charge is 0.423 e. The first kappa shape index (κ1) is 8.97. The van der Waals surface area contributed by atoms with E-state index in [0.29, 0.717) is 13.0 Å². The lowest BCUT2D eigenvalue weighted by molar-refractivity contribution is 0.0445. The zero-order valence-electron chi connectivity index (χ0n) is 5.67. The summed E-state index contributed by atoms with van der Waals surface area (Å²) in [6.45, 7) is 3.37. The summed E-state index contributed by atoms with van der Waals surface area (Å²) in [5, 5.41) is 10.5. The first-order valence-electron chi connectivity index (χ1n) is 2.93. The van der Waals surface area contributed by atoms with Crippen LogP contribution in [0.1, 0.15) is 6.42 Å². The van der Waals surface area contributed by atoms with Gasteiger partial charge in [-0.1, -0.05) is 6.08 Å². The Kier molecular flexibility index (Phi) is 5.47. The molecule has 0 aliphatic rings. The Hall–Kier alpha value is -1.03. The van der Waals surface area contributed by atoms with Crippen LogP contribution in [0.5, 0.6) is 0 Å². The van der Waals surface area contributed by atoms with Gasteiger partial charge in [-0.2, -0.15) is 0 Å². The minimum Gasteiger partial charge on any atom is -0.423 e. The third-order valence-corrected chi connectivity index (χ3v) is 0.813. The van der Waals surface area contributed by atoms with Crippen molar-refractivity contribution < 1.29 is 14.6 Å². The highest BCUT2D eigenvalue weighted by Crippen LogP contribution is 1.78. The first-order valence-corrected chi connectivity index (χ1v) is 2.93. The maximum absolute atomic E-state index is 10.4. The van der Waals surface area contributed by atoms with Crippen LogP contribution in [0.15, 0.2) is 12.7 Å². The Balaban J connectivity index is 3.13. The number of rotatable bonds is 4. The average Bonchev–Trinajstić information content (AvgIpc) is 1.89. The van der Waals surface area contributed by atoms with Crippen LogP contribution in [0.4, 0.5) is 4.79 Å². The van der Waals surface area contributed by atoms with E-state index in [1.54, 1.807) is 6.08 Å². The summed E-state index contributed by atoms with van der Waals surface area (Å²) in [7, 11) is 0. The Bertz CT molecular complexity index is 114. The fourth-order valence-corrected chi connectivity index (χ4v) is 0.386. The van der Waals surface area contributed by atoms with Crippen molar-refractivity contribution in [3.8, 4) is 0 Å². The number of nitrogens with one attached hydrogen (secondary N) is 1. The molecule has 0 aliphatic heterocycles. The van der Waals surface area contributed by atoms with Crippen molar-refractivity contribution in [3.63, 3.8) is 0 Å². The third kappa shape index (κ3) is 5.11. The van der Waals surface area contributed by atoms with E-state index in [2.05, 4.69) is 16.6 Å². The van der Waals surface area contributed by atoms with Crippen LogP contribution in [-0.2, 0) is 4.74 Å². The Morgan fingerprint density at radius 3 is 3.00 bits per heavy atom. The molecule has 0 aromatic carbocycles. The third-order valence-electron chi connectivity index (χ3n) is 0.813. The Morgan fingerprint density at radius 1 is 1.80 bits per heavy atom. The molecule has 0 rings (SSSR count). The summed E-state index contributed by atoms with van der Waals surface area (Å²) in [5.41, 5.74) is 0. The zero-order chi connectivity index (χ0) is 7.82. The summed E-state index contributed by atoms with van der Waals surface area (Å²) >= 11 is 0. The SMILES string of the molecule is C=CCCNC(=O)OCO. The van der Waals surface area contributed by atoms with E-state index in [0.717, 1.165) is 0 Å². The molecular formula is C6H11NO3. The van der Waals surface area contributed by atoms with Crippen molar-refractivity contribution in [2.24, 2.45) is 0 Å². The number of carbonyl (C=O) groups is 1. The van der Waals surface area contributed by atoms with Gasteiger partial charge in [0.05, 0.1) is 0 Å². The second kappa shape index (κ2) is 6.10. The second-order valence-electron chi connectivity index (χ2n) is 1.57. The molecule has 1 amide bonds. The molecule has 0 spiro atoms. The topological polar surface area (TPSA) is 58.6 Å². The fraction of sp³-hybridized carbons (Fsp3) is 0.500. The minimum absolute atomic E-state index is 0.488. The molecule has 2 N–H and O–H groups in total. The van der Waals surface area contributed by atoms with Crippen LogP contribution >= 0.6 is 0 Å². The maximum atomic E-state index is 10.4. The van der Waals surface area contributed by atoms with Crippen molar-refractivity contribution in [3.05, 3.63) is 12.7 Å². The highest BCUT2D eigenvalue weighted by Gasteiger charge is 1.95. The van der Waals surface area contributed by atoms with Gasteiger partial charge in [-0.25, -0.2) is 4.79 Å². The molecule has 0 saturated carbocycles. The molecule has 0 unspecified atom stereocenters. The number of aliphatic hydroxyl groups is 1. The van der Waals surface area contributed by atoms with Gasteiger partial charge in [-0.05, 0) is 6.42 Å². The molecule has 0 aliphatic carbocycles. The quantitative estimate of drug-likeness (QED) is 0.338. The number of carbonyl (C=O) groups excluding carboxylic acids is 1. The van der Waals surface area contributed by atoms with Crippen molar-refractivity contribution in [1.82, 2.24) is 5.32 Å². The van der Waals surface area contributed by atoms with Crippen LogP contribution in [0.2, 0.25) is 0 Å². The summed E-state index contributed by atoms with van der Waals surface area (Å²) in [5.74, 6) is 0. The van der Waals surface area contributed by atoms with Crippen molar-refractivity contribution in [2.75, 3.05) is 13.3 Å². The highest BCUT2D eigenvalue weighted by atomic mass is 16.6. The number of hydrogen-bond donors (Lipinski definition) is 2. The summed E-state index contributed by atoms with van der Waals surface area (Å²) in [6, 6.07) is 0. The van der Waals surface area contributed by atoms with Gasteiger partial charge in [0.2, 0.25) is 0 Å². The molecule has 10 heavy (non-hydrogen) atoms. The number of amides is 1. The van der Waals surface area contributed by atoms with E-state index in [4.69, 9.17) is 5.11 Å². The monoisotopic (exact) mass is 145 g/mol. The predicted octanol–water partition coefficient (Wildman–Crippen LogP) is 0.238. The van der Waals surface area contributed by atoms with E-state index in [1.807, 2.05) is 0 Å². The Labute approximate surface area is 59.5 Å². The summed E-state index contributed by atoms with van der Waals surface area (Å²) in [6.07, 6.45) is 1.77. The molecule has 58 valence electrons. The highest BCUT2D eigenvalue weighted by molar-refractivity contribution is 5.66. The van der Waals surface area contributed by atoms with Gasteiger partial charge < -0.3 is 15.2 Å². The molecule has 0 atom stereocenters. The van der Waals surface area contributed by atoms with E-state index in [-0.39, 0.29) is 0 Å². The van der Waals surface area contributed by atoms with Gasteiger partial charge >= 0.3 is 6.09 Å². The van der Waals surface area contributed by atoms with Crippen LogP contribution in [0.3, 0.4) is 0 Å². The van der Waals surface area contributed by atoms with Gasteiger partial charge in [-0.15, -0.1) is 6.58 Å². The van der Waals surface area contributed by atoms with Crippen molar-refractivity contribution in [1.29, 1.82) is 0 Å². The number of hydrogen-bond acceptors (Lipinski definition) is 3. The lowest BCUT2D eigenvalue weighted by Crippen LogP contribution is -2.25. The average molecular weight is 145 g/mol. The molecule has 0 saturated heterocycles. The van der Waals surface area contributed by atoms with Crippen LogP contribution in [0, 0.1) is 0 Å². The summed E-state index contributed by atoms with van der Waals surface area (Å²) in [4.78, 5) is 10.4. The molecule has 0 radical (unpaired) electrons. The predicted molar refractivity (Wildman–Crippen MR) is 36.4 cm³/mol. The molecule has 0 aromatic rings. The standard InChI is InChI=1S/C6H11NO3/c1-2-3-4-7-6(9)10-5-8/h2,8H,1,3-5H2,(H,7,9). The van der Waals surface area contributed by atoms with E-state index in [1.165, 1.54) is 0 Å². The van der Waals surface area contributed by atoms with Crippen molar-refractivity contribution >= 4 is 6.09 Å². The minimum atomic E-state index is -0.607. The van der Waals surface area contributed by atoms with Crippen LogP contribution < -0.4 is 5.32 Å². The molecule has 4 nitrogen and oxygen atoms in total. The van der Waals surface area contributed by atoms with Gasteiger partial charge in [0.15, 0.2) is 6.79 Å². The van der Waals surface area contributed by atoms with Crippen LogP contribution in [-0.4, -0.2) is 24.5 Å². The lowest BCUT2D eigenvalue weighted by Gasteiger charge is -2.01. The van der Waals surface area contributed by atoms with Crippen LogP contribution in [0.25, 0.3) is 0 Å². The number of alkyl carbamates (subject to hydrolysis) is 1. The van der Waals surface area contributed by atoms with Gasteiger partial charge in [0, 0.05) is 6.54 Å². The molecule has 0 bridgehead atoms. The smallest absolute Gasteiger partial charge is 0.409 e. The normalized spacial score (nSPS) is 8.50. The second-order valence-corrected chi connectivity index (χ2v) is 1.57. The number of ether oxygens (including phenoxy) is 1. The molecule has 4 heteroatoms. The zero-order valence-corrected chi connectivity index (χ0v) is 5.67. The molecular weight excluding hydrogens is 134 g/mol. The van der Waals surface area contributed by atoms with Gasteiger partial charge in [0.1, 0.15) is 0 Å². The van der Waals surface area contributed by atoms with Crippen molar-refractivity contribution in [2.45, 2.75) is 6.42 Å². The number of aliphatic hydroxyl groups excluding tert-OH is 1.